The molecule has 2 fully saturated rings. The summed E-state index contributed by atoms with van der Waals surface area (Å²) in [6, 6.07) is 13.8. The van der Waals surface area contributed by atoms with Gasteiger partial charge < -0.3 is 14.8 Å². The molecule has 1 aliphatic carbocycles. The molecule has 18 heteroatoms. The lowest BCUT2D eigenvalue weighted by atomic mass is 9.97. The minimum Gasteiger partial charge on any atom is -0.461 e. The van der Waals surface area contributed by atoms with Crippen molar-refractivity contribution in [1.29, 1.82) is 0 Å². The van der Waals surface area contributed by atoms with Gasteiger partial charge in [0.1, 0.15) is 29.6 Å². The van der Waals surface area contributed by atoms with E-state index in [4.69, 9.17) is 9.47 Å². The van der Waals surface area contributed by atoms with Crippen LogP contribution in [-0.2, 0) is 39.0 Å². The Hall–Kier alpha value is -6.50. The summed E-state index contributed by atoms with van der Waals surface area (Å²) in [7, 11) is 1.53. The standard InChI is InChI=1S/C45H43F2N7O8S/c1-52-40-26-48-18-15-34(40)43(56)53(45(52)58)31-11-7-27(8-12-31)21-38(44(57)62-33-5-3-2-4-6-33)51-42(55)35-22-37(47)39(23-36(35)46)54(63(59)60)32-13-9-28(10-14-32)30-24-49-41(50-25-30)29-16-19-61-20-17-29/h7-15,18,22-26,29,33,38H,2-6,16-17,19-21H2,1H3,(H,51,55)(H,59,60)/t38-/m0/s1. The number of aryl methyl sites for hydroxylation is 1. The molecule has 8 rings (SSSR count). The Morgan fingerprint density at radius 2 is 1.62 bits per heavy atom. The average molecular weight is 880 g/mol. The van der Waals surface area contributed by atoms with Crippen molar-refractivity contribution >= 4 is 45.4 Å². The molecule has 0 radical (unpaired) electrons. The Morgan fingerprint density at radius 3 is 2.30 bits per heavy atom. The number of hydrogen-bond acceptors (Lipinski definition) is 10. The van der Waals surface area contributed by atoms with Crippen molar-refractivity contribution in [2.75, 3.05) is 17.5 Å². The van der Waals surface area contributed by atoms with Crippen LogP contribution in [0.15, 0.2) is 101 Å². The first-order valence-electron chi connectivity index (χ1n) is 20.5. The number of nitrogens with one attached hydrogen (secondary N) is 1. The number of fused-ring (bicyclic) bond motifs is 1. The zero-order valence-corrected chi connectivity index (χ0v) is 34.9. The minimum atomic E-state index is -2.87. The minimum absolute atomic E-state index is 0.0505. The van der Waals surface area contributed by atoms with E-state index in [1.807, 2.05) is 0 Å². The maximum atomic E-state index is 15.9. The highest BCUT2D eigenvalue weighted by Crippen LogP contribution is 2.33. The highest BCUT2D eigenvalue weighted by molar-refractivity contribution is 7.81. The van der Waals surface area contributed by atoms with Gasteiger partial charge in [-0.25, -0.2) is 41.4 Å². The van der Waals surface area contributed by atoms with Gasteiger partial charge in [0, 0.05) is 62.8 Å². The SMILES string of the molecule is Cn1c(=O)n(-c2ccc(C[C@H](NC(=O)c3cc(F)c(N(c4ccc(-c5cnc(C6CCOCC6)nc5)cc4)S(=O)O)cc3F)C(=O)OC3CCCCC3)cc2)c(=O)c2ccncc21. The van der Waals surface area contributed by atoms with E-state index >= 15 is 8.78 Å². The smallest absolute Gasteiger partial charge is 0.335 e. The summed E-state index contributed by atoms with van der Waals surface area (Å²) in [6.07, 6.45) is 11.4. The van der Waals surface area contributed by atoms with Crippen molar-refractivity contribution in [1.82, 2.24) is 29.4 Å². The van der Waals surface area contributed by atoms with Gasteiger partial charge in [0.05, 0.1) is 39.7 Å². The normalized spacial score (nSPS) is 15.7. The molecule has 2 N–H and O–H groups in total. The Kier molecular flexibility index (Phi) is 12.9. The molecule has 2 atom stereocenters. The van der Waals surface area contributed by atoms with Crippen LogP contribution in [0.2, 0.25) is 0 Å². The van der Waals surface area contributed by atoms with Crippen LogP contribution >= 0.6 is 0 Å². The van der Waals surface area contributed by atoms with Gasteiger partial charge >= 0.3 is 11.7 Å². The van der Waals surface area contributed by atoms with E-state index in [2.05, 4.69) is 20.3 Å². The summed E-state index contributed by atoms with van der Waals surface area (Å²) in [4.78, 5) is 67.0. The zero-order chi connectivity index (χ0) is 44.2. The molecular weight excluding hydrogens is 837 g/mol. The number of amides is 1. The highest BCUT2D eigenvalue weighted by atomic mass is 32.2. The Labute approximate surface area is 362 Å². The molecule has 0 bridgehead atoms. The van der Waals surface area contributed by atoms with E-state index in [0.29, 0.717) is 64.7 Å². The Bertz CT molecular complexity index is 2790. The van der Waals surface area contributed by atoms with Crippen LogP contribution in [0.4, 0.5) is 20.2 Å². The van der Waals surface area contributed by atoms with Gasteiger partial charge in [0.25, 0.3) is 22.7 Å². The second-order valence-electron chi connectivity index (χ2n) is 15.5. The van der Waals surface area contributed by atoms with Crippen molar-refractivity contribution in [3.8, 4) is 16.8 Å². The molecule has 3 aromatic carbocycles. The topological polar surface area (TPSA) is 188 Å². The van der Waals surface area contributed by atoms with Crippen LogP contribution < -0.4 is 20.9 Å². The highest BCUT2D eigenvalue weighted by Gasteiger charge is 2.30. The number of hydrogen-bond donors (Lipinski definition) is 2. The summed E-state index contributed by atoms with van der Waals surface area (Å²) in [6.45, 7) is 1.30. The average Bonchev–Trinajstić information content (AvgIpc) is 3.30. The first-order valence-corrected chi connectivity index (χ1v) is 21.6. The molecule has 1 saturated carbocycles. The number of ether oxygens (including phenoxy) is 2. The van der Waals surface area contributed by atoms with Crippen molar-refractivity contribution in [2.24, 2.45) is 7.05 Å². The molecule has 3 aromatic heterocycles. The molecule has 0 spiro atoms. The van der Waals surface area contributed by atoms with Crippen molar-refractivity contribution in [2.45, 2.75) is 69.4 Å². The van der Waals surface area contributed by atoms with Gasteiger partial charge in [0.15, 0.2) is 0 Å². The molecule has 2 aliphatic rings. The number of rotatable bonds is 12. The van der Waals surface area contributed by atoms with E-state index < -0.39 is 63.3 Å². The van der Waals surface area contributed by atoms with Crippen LogP contribution in [0, 0.1) is 11.6 Å². The lowest BCUT2D eigenvalue weighted by Gasteiger charge is -2.25. The van der Waals surface area contributed by atoms with Crippen LogP contribution in [0.3, 0.4) is 0 Å². The van der Waals surface area contributed by atoms with Gasteiger partial charge in [-0.3, -0.25) is 23.7 Å². The third-order valence-electron chi connectivity index (χ3n) is 11.5. The Morgan fingerprint density at radius 1 is 0.921 bits per heavy atom. The Balaban J connectivity index is 1.02. The second-order valence-corrected chi connectivity index (χ2v) is 16.4. The first-order chi connectivity index (χ1) is 30.5. The molecule has 15 nitrogen and oxygen atoms in total. The first kappa shape index (κ1) is 43.2. The molecule has 63 heavy (non-hydrogen) atoms. The fourth-order valence-electron chi connectivity index (χ4n) is 8.02. The van der Waals surface area contributed by atoms with Gasteiger partial charge in [-0.1, -0.05) is 30.7 Å². The second kappa shape index (κ2) is 18.9. The van der Waals surface area contributed by atoms with E-state index in [0.717, 1.165) is 42.5 Å². The zero-order valence-electron chi connectivity index (χ0n) is 34.1. The predicted octanol–water partition coefficient (Wildman–Crippen LogP) is 6.21. The van der Waals surface area contributed by atoms with Crippen LogP contribution in [0.5, 0.6) is 0 Å². The molecule has 4 heterocycles. The van der Waals surface area contributed by atoms with Crippen LogP contribution in [-0.4, -0.2) is 70.1 Å². The lowest BCUT2D eigenvalue weighted by molar-refractivity contribution is -0.152. The van der Waals surface area contributed by atoms with Crippen LogP contribution in [0.25, 0.3) is 27.7 Å². The molecular formula is C45H43F2N7O8S. The lowest BCUT2D eigenvalue weighted by Crippen LogP contribution is -2.45. The predicted molar refractivity (Wildman–Crippen MR) is 230 cm³/mol. The summed E-state index contributed by atoms with van der Waals surface area (Å²) >= 11 is -2.87. The molecule has 326 valence electrons. The number of pyridine rings is 1. The quantitative estimate of drug-likeness (QED) is 0.105. The monoisotopic (exact) mass is 879 g/mol. The molecule has 1 amide bonds. The largest absolute Gasteiger partial charge is 0.461 e. The number of aromatic nitrogens is 5. The maximum Gasteiger partial charge on any atom is 0.335 e. The molecule has 1 saturated heterocycles. The van der Waals surface area contributed by atoms with Crippen LogP contribution in [0.1, 0.15) is 72.6 Å². The third-order valence-corrected chi connectivity index (χ3v) is 12.2. The van der Waals surface area contributed by atoms with E-state index in [1.165, 1.54) is 54.3 Å². The van der Waals surface area contributed by atoms with Gasteiger partial charge in [-0.05, 0) is 86.1 Å². The number of anilines is 2. The fourth-order valence-corrected chi connectivity index (χ4v) is 8.63. The molecule has 1 unspecified atom stereocenters. The van der Waals surface area contributed by atoms with E-state index in [-0.39, 0.29) is 35.2 Å². The molecule has 1 aliphatic heterocycles. The van der Waals surface area contributed by atoms with Crippen molar-refractivity contribution < 1.29 is 36.6 Å². The third kappa shape index (κ3) is 9.33. The van der Waals surface area contributed by atoms with Gasteiger partial charge in [0.2, 0.25) is 0 Å². The number of halogens is 2. The summed E-state index contributed by atoms with van der Waals surface area (Å²) in [5.41, 5.74) is 0.00601. The van der Waals surface area contributed by atoms with Crippen molar-refractivity contribution in [3.05, 3.63) is 141 Å². The van der Waals surface area contributed by atoms with Crippen molar-refractivity contribution in [3.63, 3.8) is 0 Å². The summed E-state index contributed by atoms with van der Waals surface area (Å²) in [5.74, 6) is -3.39. The maximum absolute atomic E-state index is 15.9. The number of nitrogens with zero attached hydrogens (tertiary/aromatic N) is 6. The molecule has 6 aromatic rings. The van der Waals surface area contributed by atoms with Gasteiger partial charge in [-0.2, -0.15) is 0 Å². The van der Waals surface area contributed by atoms with Gasteiger partial charge in [-0.15, -0.1) is 0 Å². The number of esters is 1. The number of carbonyl (C=O) groups excluding carboxylic acids is 2. The number of benzene rings is 3. The van der Waals surface area contributed by atoms with E-state index in [1.54, 1.807) is 36.7 Å². The summed E-state index contributed by atoms with van der Waals surface area (Å²) < 4.78 is 68.9. The van der Waals surface area contributed by atoms with E-state index in [9.17, 15) is 27.9 Å². The fraction of sp³-hybridized carbons (Fsp3) is 0.311. The summed E-state index contributed by atoms with van der Waals surface area (Å²) in [5, 5.41) is 2.79. The number of carbonyl (C=O) groups is 2.